The van der Waals surface area contributed by atoms with Crippen molar-refractivity contribution in [1.29, 1.82) is 0 Å². The molecule has 0 saturated heterocycles. The predicted molar refractivity (Wildman–Crippen MR) is 123 cm³/mol. The summed E-state index contributed by atoms with van der Waals surface area (Å²) in [5.41, 5.74) is 7.05. The number of likely N-dealkylation sites (N-methyl/N-ethyl adjacent to an activating group) is 1. The van der Waals surface area contributed by atoms with Crippen molar-refractivity contribution >= 4 is 22.3 Å². The molecule has 5 nitrogen and oxygen atoms in total. The molecule has 0 atom stereocenters. The van der Waals surface area contributed by atoms with Crippen LogP contribution in [0.15, 0.2) is 67.6 Å². The Bertz CT molecular complexity index is 1250. The van der Waals surface area contributed by atoms with Crippen LogP contribution in [0.1, 0.15) is 16.7 Å². The summed E-state index contributed by atoms with van der Waals surface area (Å²) in [7, 11) is 4.10. The molecule has 1 aliphatic heterocycles. The Labute approximate surface area is 176 Å². The van der Waals surface area contributed by atoms with Gasteiger partial charge in [0, 0.05) is 49.2 Å². The second kappa shape index (κ2) is 7.43. The Morgan fingerprint density at radius 2 is 1.87 bits per heavy atom. The second-order valence-corrected chi connectivity index (χ2v) is 8.11. The van der Waals surface area contributed by atoms with E-state index < -0.39 is 0 Å². The number of anilines is 1. The topological polar surface area (TPSA) is 46.0 Å². The lowest BCUT2D eigenvalue weighted by molar-refractivity contribution is 0.313. The van der Waals surface area contributed by atoms with Gasteiger partial charge in [0.2, 0.25) is 0 Å². The zero-order valence-corrected chi connectivity index (χ0v) is 17.4. The third-order valence-corrected chi connectivity index (χ3v) is 5.80. The summed E-state index contributed by atoms with van der Waals surface area (Å²) >= 11 is 0. The highest BCUT2D eigenvalue weighted by molar-refractivity contribution is 5.89. The molecule has 1 aliphatic rings. The molecule has 5 rings (SSSR count). The first kappa shape index (κ1) is 18.6. The molecule has 0 aliphatic carbocycles. The van der Waals surface area contributed by atoms with Gasteiger partial charge in [-0.25, -0.2) is 4.98 Å². The van der Waals surface area contributed by atoms with Gasteiger partial charge in [-0.15, -0.1) is 0 Å². The predicted octanol–water partition coefficient (Wildman–Crippen LogP) is 4.71. The zero-order valence-electron chi connectivity index (χ0n) is 17.4. The van der Waals surface area contributed by atoms with E-state index in [2.05, 4.69) is 76.4 Å². The number of pyridine rings is 1. The van der Waals surface area contributed by atoms with Gasteiger partial charge < -0.3 is 10.2 Å². The first-order chi connectivity index (χ1) is 14.5. The first-order valence-electron chi connectivity index (χ1n) is 10.2. The summed E-state index contributed by atoms with van der Waals surface area (Å²) < 4.78 is 1.82. The van der Waals surface area contributed by atoms with Crippen molar-refractivity contribution in [3.63, 3.8) is 0 Å². The van der Waals surface area contributed by atoms with Gasteiger partial charge >= 0.3 is 0 Å². The Hall–Kier alpha value is -3.44. The maximum absolute atomic E-state index is 4.58. The third-order valence-electron chi connectivity index (χ3n) is 5.80. The van der Waals surface area contributed by atoms with Crippen LogP contribution in [-0.4, -0.2) is 33.3 Å². The summed E-state index contributed by atoms with van der Waals surface area (Å²) in [4.78, 5) is 6.94. The van der Waals surface area contributed by atoms with Gasteiger partial charge in [0.25, 0.3) is 0 Å². The van der Waals surface area contributed by atoms with E-state index in [1.165, 1.54) is 11.1 Å². The standard InChI is InChI=1S/C25H25N5/c1-17(19-5-4-18-8-9-29(2)15-23(18)10-19)28-25-12-22-11-20(6-7-21(22)13-26-25)24-14-27-30(3)16-24/h4-7,10-14,16H,1,8-9,15H2,2-3H3,(H,26,28). The van der Waals surface area contributed by atoms with Gasteiger partial charge in [-0.3, -0.25) is 4.68 Å². The molecule has 2 aromatic carbocycles. The van der Waals surface area contributed by atoms with E-state index in [4.69, 9.17) is 0 Å². The molecular formula is C25H25N5. The van der Waals surface area contributed by atoms with Crippen LogP contribution in [0.25, 0.3) is 27.6 Å². The summed E-state index contributed by atoms with van der Waals surface area (Å²) in [5.74, 6) is 0.797. The quantitative estimate of drug-likeness (QED) is 0.544. The van der Waals surface area contributed by atoms with Gasteiger partial charge in [0.15, 0.2) is 0 Å². The molecule has 2 aromatic heterocycles. The van der Waals surface area contributed by atoms with Crippen molar-refractivity contribution in [2.45, 2.75) is 13.0 Å². The molecule has 1 N–H and O–H groups in total. The molecular weight excluding hydrogens is 370 g/mol. The Balaban J connectivity index is 1.41. The van der Waals surface area contributed by atoms with Crippen LogP contribution in [0.5, 0.6) is 0 Å². The van der Waals surface area contributed by atoms with Crippen molar-refractivity contribution in [3.8, 4) is 11.1 Å². The van der Waals surface area contributed by atoms with Crippen molar-refractivity contribution in [2.24, 2.45) is 7.05 Å². The number of aromatic nitrogens is 3. The number of rotatable bonds is 4. The smallest absolute Gasteiger partial charge is 0.130 e. The van der Waals surface area contributed by atoms with Gasteiger partial charge in [-0.1, -0.05) is 30.8 Å². The summed E-state index contributed by atoms with van der Waals surface area (Å²) in [6.45, 7) is 6.37. The largest absolute Gasteiger partial charge is 0.340 e. The SMILES string of the molecule is C=C(Nc1cc2cc(-c3cnn(C)c3)ccc2cn1)c1ccc2c(c1)CN(C)CC2. The molecule has 5 heteroatoms. The number of nitrogens with zero attached hydrogens (tertiary/aromatic N) is 4. The third kappa shape index (κ3) is 3.60. The van der Waals surface area contributed by atoms with Crippen molar-refractivity contribution in [1.82, 2.24) is 19.7 Å². The lowest BCUT2D eigenvalue weighted by Crippen LogP contribution is -2.26. The Morgan fingerprint density at radius 3 is 2.70 bits per heavy atom. The van der Waals surface area contributed by atoms with Crippen LogP contribution in [0.4, 0.5) is 5.82 Å². The molecule has 3 heterocycles. The zero-order chi connectivity index (χ0) is 20.7. The molecule has 30 heavy (non-hydrogen) atoms. The molecule has 150 valence electrons. The van der Waals surface area contributed by atoms with E-state index in [1.54, 1.807) is 0 Å². The number of aryl methyl sites for hydroxylation is 1. The van der Waals surface area contributed by atoms with Crippen LogP contribution in [0.2, 0.25) is 0 Å². The van der Waals surface area contributed by atoms with Crippen LogP contribution >= 0.6 is 0 Å². The van der Waals surface area contributed by atoms with E-state index in [1.807, 2.05) is 30.3 Å². The number of hydrogen-bond donors (Lipinski definition) is 1. The van der Waals surface area contributed by atoms with E-state index >= 15 is 0 Å². The molecule has 0 fully saturated rings. The minimum Gasteiger partial charge on any atom is -0.340 e. The average Bonchev–Trinajstić information content (AvgIpc) is 3.19. The maximum Gasteiger partial charge on any atom is 0.130 e. The fourth-order valence-electron chi connectivity index (χ4n) is 4.07. The number of fused-ring (bicyclic) bond motifs is 2. The minimum atomic E-state index is 0.797. The van der Waals surface area contributed by atoms with Crippen LogP contribution in [0, 0.1) is 0 Å². The van der Waals surface area contributed by atoms with E-state index in [0.717, 1.165) is 58.5 Å². The average molecular weight is 396 g/mol. The normalized spacial score (nSPS) is 13.9. The monoisotopic (exact) mass is 395 g/mol. The Morgan fingerprint density at radius 1 is 0.967 bits per heavy atom. The molecule has 0 bridgehead atoms. The summed E-state index contributed by atoms with van der Waals surface area (Å²) in [6, 6.07) is 15.1. The van der Waals surface area contributed by atoms with Crippen LogP contribution in [-0.2, 0) is 20.0 Å². The lowest BCUT2D eigenvalue weighted by Gasteiger charge is -2.25. The fraction of sp³-hybridized carbons (Fsp3) is 0.200. The minimum absolute atomic E-state index is 0.797. The van der Waals surface area contributed by atoms with Crippen molar-refractivity contribution in [2.75, 3.05) is 18.9 Å². The lowest BCUT2D eigenvalue weighted by atomic mass is 9.97. The fourth-order valence-corrected chi connectivity index (χ4v) is 4.07. The van der Waals surface area contributed by atoms with E-state index in [9.17, 15) is 0 Å². The molecule has 0 saturated carbocycles. The first-order valence-corrected chi connectivity index (χ1v) is 10.2. The molecule has 4 aromatic rings. The van der Waals surface area contributed by atoms with Crippen LogP contribution in [0.3, 0.4) is 0 Å². The molecule has 0 unspecified atom stereocenters. The van der Waals surface area contributed by atoms with E-state index in [0.29, 0.717) is 0 Å². The van der Waals surface area contributed by atoms with Crippen molar-refractivity contribution < 1.29 is 0 Å². The Kier molecular flexibility index (Phi) is 4.60. The highest BCUT2D eigenvalue weighted by Gasteiger charge is 2.14. The molecule has 0 amide bonds. The van der Waals surface area contributed by atoms with E-state index in [-0.39, 0.29) is 0 Å². The number of hydrogen-bond acceptors (Lipinski definition) is 4. The van der Waals surface area contributed by atoms with Gasteiger partial charge in [0.1, 0.15) is 5.82 Å². The van der Waals surface area contributed by atoms with Crippen LogP contribution < -0.4 is 5.32 Å². The summed E-state index contributed by atoms with van der Waals surface area (Å²) in [6.07, 6.45) is 6.92. The molecule has 0 radical (unpaired) electrons. The van der Waals surface area contributed by atoms with Gasteiger partial charge in [0.05, 0.1) is 6.20 Å². The summed E-state index contributed by atoms with van der Waals surface area (Å²) in [5, 5.41) is 9.91. The maximum atomic E-state index is 4.58. The highest BCUT2D eigenvalue weighted by Crippen LogP contribution is 2.27. The number of nitrogens with one attached hydrogen (secondary N) is 1. The van der Waals surface area contributed by atoms with Gasteiger partial charge in [-0.2, -0.15) is 5.10 Å². The number of benzene rings is 2. The highest BCUT2D eigenvalue weighted by atomic mass is 15.2. The van der Waals surface area contributed by atoms with Gasteiger partial charge in [-0.05, 0) is 59.3 Å². The van der Waals surface area contributed by atoms with Crippen molar-refractivity contribution in [3.05, 3.63) is 84.3 Å². The molecule has 0 spiro atoms. The second-order valence-electron chi connectivity index (χ2n) is 8.11.